The molecule has 0 saturated heterocycles. The topological polar surface area (TPSA) is 72.8 Å². The summed E-state index contributed by atoms with van der Waals surface area (Å²) in [5.74, 6) is -0.846. The molecule has 2 rings (SSSR count). The van der Waals surface area contributed by atoms with Crippen molar-refractivity contribution in [3.63, 3.8) is 0 Å². The van der Waals surface area contributed by atoms with Crippen LogP contribution in [0.3, 0.4) is 0 Å². The molecule has 0 fully saturated rings. The number of carbonyl (C=O) groups is 2. The Morgan fingerprint density at radius 1 is 1.04 bits per heavy atom. The zero-order valence-electron chi connectivity index (χ0n) is 13.2. The molecule has 1 unspecified atom stereocenters. The number of benzene rings is 2. The van der Waals surface area contributed by atoms with Crippen LogP contribution in [0.2, 0.25) is 0 Å². The maximum Gasteiger partial charge on any atom is 0.352 e. The van der Waals surface area contributed by atoms with Gasteiger partial charge in [0.1, 0.15) is 11.5 Å². The molecule has 1 atom stereocenters. The molecule has 2 aromatic rings. The van der Waals surface area contributed by atoms with Crippen LogP contribution in [-0.4, -0.2) is 23.1 Å². The first-order valence-corrected chi connectivity index (χ1v) is 7.16. The second-order valence-corrected chi connectivity index (χ2v) is 5.24. The minimum absolute atomic E-state index is 0.0543. The average Bonchev–Trinajstić information content (AvgIpc) is 2.51. The Kier molecular flexibility index (Phi) is 5.01. The van der Waals surface area contributed by atoms with Gasteiger partial charge in [0.25, 0.3) is 0 Å². The standard InChI is InChI=1S/C18H18O5/c1-11-6-4-7-12(2)16(11)22-13(3)18(21)23-15-9-5-8-14(10-15)17(19)20/h4-10,13H,1-3H3,(H,19,20). The van der Waals surface area contributed by atoms with Crippen LogP contribution in [0.5, 0.6) is 11.5 Å². The van der Waals surface area contributed by atoms with Gasteiger partial charge in [-0.15, -0.1) is 0 Å². The van der Waals surface area contributed by atoms with Crippen molar-refractivity contribution in [2.45, 2.75) is 26.9 Å². The number of carboxylic acids is 1. The number of ether oxygens (including phenoxy) is 2. The first-order valence-electron chi connectivity index (χ1n) is 7.16. The van der Waals surface area contributed by atoms with Crippen molar-refractivity contribution in [3.05, 3.63) is 59.2 Å². The highest BCUT2D eigenvalue weighted by Crippen LogP contribution is 2.24. The Balaban J connectivity index is 2.08. The normalized spacial score (nSPS) is 11.6. The molecule has 0 aliphatic rings. The molecule has 2 aromatic carbocycles. The molecule has 0 radical (unpaired) electrons. The minimum atomic E-state index is -1.08. The van der Waals surface area contributed by atoms with Crippen LogP contribution < -0.4 is 9.47 Å². The molecule has 5 nitrogen and oxygen atoms in total. The number of para-hydroxylation sites is 1. The molecule has 0 bridgehead atoms. The monoisotopic (exact) mass is 314 g/mol. The Morgan fingerprint density at radius 3 is 2.26 bits per heavy atom. The third-order valence-corrected chi connectivity index (χ3v) is 3.33. The molecule has 0 aliphatic carbocycles. The van der Waals surface area contributed by atoms with Crippen LogP contribution in [0.15, 0.2) is 42.5 Å². The summed E-state index contributed by atoms with van der Waals surface area (Å²) in [5.41, 5.74) is 1.91. The highest BCUT2D eigenvalue weighted by molar-refractivity contribution is 5.88. The number of esters is 1. The molecular weight excluding hydrogens is 296 g/mol. The maximum absolute atomic E-state index is 12.1. The number of hydrogen-bond acceptors (Lipinski definition) is 4. The van der Waals surface area contributed by atoms with Crippen molar-refractivity contribution >= 4 is 11.9 Å². The van der Waals surface area contributed by atoms with Crippen molar-refractivity contribution in [2.24, 2.45) is 0 Å². The van der Waals surface area contributed by atoms with Gasteiger partial charge >= 0.3 is 11.9 Å². The summed E-state index contributed by atoms with van der Waals surface area (Å²) in [6.45, 7) is 5.39. The van der Waals surface area contributed by atoms with Gasteiger partial charge in [0.2, 0.25) is 0 Å². The number of carboxylic acid groups (broad SMARTS) is 1. The minimum Gasteiger partial charge on any atom is -0.478 e. The highest BCUT2D eigenvalue weighted by atomic mass is 16.6. The van der Waals surface area contributed by atoms with E-state index in [9.17, 15) is 9.59 Å². The second kappa shape index (κ2) is 6.96. The first kappa shape index (κ1) is 16.5. The number of rotatable bonds is 5. The highest BCUT2D eigenvalue weighted by Gasteiger charge is 2.19. The SMILES string of the molecule is Cc1cccc(C)c1OC(C)C(=O)Oc1cccc(C(=O)O)c1. The molecular formula is C18H18O5. The third kappa shape index (κ3) is 4.10. The van der Waals surface area contributed by atoms with Crippen molar-refractivity contribution in [3.8, 4) is 11.5 Å². The maximum atomic E-state index is 12.1. The molecule has 0 saturated carbocycles. The lowest BCUT2D eigenvalue weighted by atomic mass is 10.1. The van der Waals surface area contributed by atoms with Crippen LogP contribution in [-0.2, 0) is 4.79 Å². The Bertz CT molecular complexity index is 716. The Morgan fingerprint density at radius 2 is 1.65 bits per heavy atom. The van der Waals surface area contributed by atoms with E-state index in [1.54, 1.807) is 6.92 Å². The summed E-state index contributed by atoms with van der Waals surface area (Å²) in [7, 11) is 0. The van der Waals surface area contributed by atoms with Gasteiger partial charge in [0.05, 0.1) is 5.56 Å². The summed E-state index contributed by atoms with van der Waals surface area (Å²) in [5, 5.41) is 8.94. The lowest BCUT2D eigenvalue weighted by Gasteiger charge is -2.17. The molecule has 0 amide bonds. The van der Waals surface area contributed by atoms with Crippen LogP contribution in [0.25, 0.3) is 0 Å². The van der Waals surface area contributed by atoms with Crippen molar-refractivity contribution in [1.29, 1.82) is 0 Å². The molecule has 5 heteroatoms. The average molecular weight is 314 g/mol. The van der Waals surface area contributed by atoms with E-state index in [-0.39, 0.29) is 11.3 Å². The molecule has 1 N–H and O–H groups in total. The van der Waals surface area contributed by atoms with Crippen LogP contribution in [0.1, 0.15) is 28.4 Å². The molecule has 0 aliphatic heterocycles. The number of hydrogen-bond donors (Lipinski definition) is 1. The lowest BCUT2D eigenvalue weighted by Crippen LogP contribution is -2.29. The fourth-order valence-corrected chi connectivity index (χ4v) is 2.10. The van der Waals surface area contributed by atoms with E-state index in [0.717, 1.165) is 11.1 Å². The Labute approximate surface area is 134 Å². The van der Waals surface area contributed by atoms with Gasteiger partial charge in [-0.2, -0.15) is 0 Å². The second-order valence-electron chi connectivity index (χ2n) is 5.24. The van der Waals surface area contributed by atoms with Gasteiger partial charge in [-0.1, -0.05) is 24.3 Å². The van der Waals surface area contributed by atoms with Crippen LogP contribution >= 0.6 is 0 Å². The summed E-state index contributed by atoms with van der Waals surface area (Å²) < 4.78 is 10.9. The fourth-order valence-electron chi connectivity index (χ4n) is 2.10. The largest absolute Gasteiger partial charge is 0.478 e. The summed E-state index contributed by atoms with van der Waals surface area (Å²) in [4.78, 5) is 23.0. The quantitative estimate of drug-likeness (QED) is 0.676. The lowest BCUT2D eigenvalue weighted by molar-refractivity contribution is -0.141. The molecule has 0 aromatic heterocycles. The van der Waals surface area contributed by atoms with Gasteiger partial charge in [-0.05, 0) is 50.1 Å². The van der Waals surface area contributed by atoms with Gasteiger partial charge in [-0.3, -0.25) is 0 Å². The van der Waals surface area contributed by atoms with E-state index in [2.05, 4.69) is 0 Å². The van der Waals surface area contributed by atoms with Crippen LogP contribution in [0.4, 0.5) is 0 Å². The Hall–Kier alpha value is -2.82. The van der Waals surface area contributed by atoms with E-state index < -0.39 is 18.0 Å². The zero-order chi connectivity index (χ0) is 17.0. The smallest absolute Gasteiger partial charge is 0.352 e. The summed E-state index contributed by atoms with van der Waals surface area (Å²) >= 11 is 0. The van der Waals surface area contributed by atoms with E-state index >= 15 is 0 Å². The van der Waals surface area contributed by atoms with E-state index in [0.29, 0.717) is 5.75 Å². The molecule has 23 heavy (non-hydrogen) atoms. The van der Waals surface area contributed by atoms with Gasteiger partial charge in [-0.25, -0.2) is 9.59 Å². The number of aryl methyl sites for hydroxylation is 2. The van der Waals surface area contributed by atoms with Gasteiger partial charge in [0.15, 0.2) is 6.10 Å². The van der Waals surface area contributed by atoms with E-state index in [1.807, 2.05) is 32.0 Å². The summed E-state index contributed by atoms with van der Waals surface area (Å²) in [6.07, 6.45) is -0.816. The predicted molar refractivity (Wildman–Crippen MR) is 85.0 cm³/mol. The van der Waals surface area contributed by atoms with E-state index in [4.69, 9.17) is 14.6 Å². The van der Waals surface area contributed by atoms with Crippen LogP contribution in [0, 0.1) is 13.8 Å². The molecule has 120 valence electrons. The van der Waals surface area contributed by atoms with Crippen molar-refractivity contribution in [1.82, 2.24) is 0 Å². The van der Waals surface area contributed by atoms with Crippen molar-refractivity contribution < 1.29 is 24.2 Å². The van der Waals surface area contributed by atoms with E-state index in [1.165, 1.54) is 24.3 Å². The molecule has 0 spiro atoms. The number of carbonyl (C=O) groups excluding carboxylic acids is 1. The van der Waals surface area contributed by atoms with Gasteiger partial charge < -0.3 is 14.6 Å². The first-order chi connectivity index (χ1) is 10.9. The number of aromatic carboxylic acids is 1. The zero-order valence-corrected chi connectivity index (χ0v) is 13.2. The predicted octanol–water partition coefficient (Wildman–Crippen LogP) is 3.37. The van der Waals surface area contributed by atoms with Crippen molar-refractivity contribution in [2.75, 3.05) is 0 Å². The molecule has 0 heterocycles. The third-order valence-electron chi connectivity index (χ3n) is 3.33. The van der Waals surface area contributed by atoms with Gasteiger partial charge in [0, 0.05) is 0 Å². The summed E-state index contributed by atoms with van der Waals surface area (Å²) in [6, 6.07) is 11.5. The fraction of sp³-hybridized carbons (Fsp3) is 0.222.